The van der Waals surface area contributed by atoms with E-state index in [1.165, 1.54) is 77.9 Å². The van der Waals surface area contributed by atoms with E-state index in [1.54, 1.807) is 0 Å². The molecule has 0 radical (unpaired) electrons. The Bertz CT molecular complexity index is 2100. The largest absolute Gasteiger partial charge is 0.103 e. The van der Waals surface area contributed by atoms with E-state index >= 15 is 0 Å². The Morgan fingerprint density at radius 2 is 0.889 bits per heavy atom. The molecule has 0 heterocycles. The van der Waals surface area contributed by atoms with Gasteiger partial charge in [0.15, 0.2) is 0 Å². The van der Waals surface area contributed by atoms with Crippen molar-refractivity contribution in [3.8, 4) is 22.3 Å². The topological polar surface area (TPSA) is 0 Å². The maximum absolute atomic E-state index is 4.38. The Labute approximate surface area is 332 Å². The van der Waals surface area contributed by atoms with Crippen LogP contribution in [0.2, 0.25) is 0 Å². The number of aryl methyl sites for hydroxylation is 1. The van der Waals surface area contributed by atoms with Crippen molar-refractivity contribution in [2.45, 2.75) is 182 Å². The van der Waals surface area contributed by atoms with Gasteiger partial charge in [-0.25, -0.2) is 0 Å². The molecule has 0 N–H and O–H groups in total. The number of rotatable bonds is 6. The highest BCUT2D eigenvalue weighted by molar-refractivity contribution is 5.86. The van der Waals surface area contributed by atoms with E-state index in [0.29, 0.717) is 0 Å². The van der Waals surface area contributed by atoms with Gasteiger partial charge in [0.2, 0.25) is 0 Å². The summed E-state index contributed by atoms with van der Waals surface area (Å²) in [5, 5.41) is 0. The smallest absolute Gasteiger partial charge is 0.0159 e. The number of hydrogen-bond donors (Lipinski definition) is 0. The summed E-state index contributed by atoms with van der Waals surface area (Å²) in [5.74, 6) is 0. The molecule has 0 aliphatic heterocycles. The van der Waals surface area contributed by atoms with E-state index in [-0.39, 0.29) is 45.3 Å². The lowest BCUT2D eigenvalue weighted by Crippen LogP contribution is -2.26. The molecule has 0 spiro atoms. The number of fused-ring (bicyclic) bond motifs is 6. The van der Waals surface area contributed by atoms with Crippen LogP contribution in [0.15, 0.2) is 73.3 Å². The van der Waals surface area contributed by atoms with E-state index in [2.05, 4.69) is 191 Å². The van der Waals surface area contributed by atoms with Crippen LogP contribution >= 0.6 is 0 Å². The molecule has 6 rings (SSSR count). The molecule has 0 saturated heterocycles. The third-order valence-corrected chi connectivity index (χ3v) is 13.3. The van der Waals surface area contributed by atoms with Crippen LogP contribution in [0.25, 0.3) is 22.3 Å². The molecule has 1 unspecified atom stereocenters. The van der Waals surface area contributed by atoms with Gasteiger partial charge in [-0.2, -0.15) is 0 Å². The van der Waals surface area contributed by atoms with Crippen LogP contribution in [-0.2, 0) is 44.3 Å². The van der Waals surface area contributed by atoms with Gasteiger partial charge < -0.3 is 0 Å². The van der Waals surface area contributed by atoms with Crippen LogP contribution in [-0.4, -0.2) is 0 Å². The van der Waals surface area contributed by atoms with Crippen LogP contribution in [0, 0.1) is 0 Å². The highest BCUT2D eigenvalue weighted by atomic mass is 14.5. The summed E-state index contributed by atoms with van der Waals surface area (Å²) in [4.78, 5) is 0. The lowest BCUT2D eigenvalue weighted by Gasteiger charge is -2.35. The SMILES string of the molecule is C.C=CCC(C)(CCc1cc(C(C)(C)C)cc2c1-c1ccc(C(C)(C)C)cc1C2(C)C)c1cc(C(C)(C)C)cc2c1-c1ccc(C(C)(C)C)cc1C2(C)C. The molecule has 0 nitrogen and oxygen atoms in total. The van der Waals surface area contributed by atoms with E-state index in [9.17, 15) is 0 Å². The minimum atomic E-state index is -0.106. The number of hydrogen-bond acceptors (Lipinski definition) is 0. The van der Waals surface area contributed by atoms with Gasteiger partial charge in [0, 0.05) is 10.8 Å². The minimum absolute atomic E-state index is 0. The minimum Gasteiger partial charge on any atom is -0.103 e. The van der Waals surface area contributed by atoms with E-state index in [0.717, 1.165) is 19.3 Å². The molecule has 2 aliphatic rings. The summed E-state index contributed by atoms with van der Waals surface area (Å²) in [6.45, 7) is 45.0. The van der Waals surface area contributed by atoms with E-state index in [1.807, 2.05) is 0 Å². The van der Waals surface area contributed by atoms with E-state index < -0.39 is 0 Å². The standard InChI is InChI=1S/C53H70.CH4/c1-19-25-53(18,44-32-37(50(11,12)13)31-43-46(44)39-23-21-35(48(5,6)7)29-41(39)52(43,16)17)26-24-33-27-36(49(8,9)10)30-42-45(33)38-22-20-34(47(2,3)4)28-40(38)51(42,14)15;/h19-23,27-32H,1,24-26H2,2-18H3;1H4. The summed E-state index contributed by atoms with van der Waals surface area (Å²) < 4.78 is 0. The van der Waals surface area contributed by atoms with Crippen LogP contribution in [0.4, 0.5) is 0 Å². The Balaban J connectivity index is 0.00000561. The van der Waals surface area contributed by atoms with Gasteiger partial charge in [-0.05, 0) is 124 Å². The second kappa shape index (κ2) is 13.1. The Morgan fingerprint density at radius 1 is 0.500 bits per heavy atom. The summed E-state index contributed by atoms with van der Waals surface area (Å²) in [7, 11) is 0. The molecule has 2 aliphatic carbocycles. The van der Waals surface area contributed by atoms with Gasteiger partial charge in [0.25, 0.3) is 0 Å². The van der Waals surface area contributed by atoms with Crippen molar-refractivity contribution in [3.63, 3.8) is 0 Å². The Morgan fingerprint density at radius 3 is 1.31 bits per heavy atom. The molecular formula is C54H74. The lowest BCUT2D eigenvalue weighted by atomic mass is 9.69. The molecule has 4 aromatic carbocycles. The van der Waals surface area contributed by atoms with Crippen molar-refractivity contribution < 1.29 is 0 Å². The zero-order chi connectivity index (χ0) is 39.5. The van der Waals surface area contributed by atoms with Crippen molar-refractivity contribution in [3.05, 3.63) is 129 Å². The summed E-state index contributed by atoms with van der Waals surface area (Å²) in [6.07, 6.45) is 5.18. The van der Waals surface area contributed by atoms with Crippen LogP contribution < -0.4 is 0 Å². The molecule has 54 heavy (non-hydrogen) atoms. The van der Waals surface area contributed by atoms with Crippen molar-refractivity contribution in [2.75, 3.05) is 0 Å². The molecule has 0 bridgehead atoms. The van der Waals surface area contributed by atoms with E-state index in [4.69, 9.17) is 0 Å². The first-order valence-corrected chi connectivity index (χ1v) is 20.4. The first kappa shape index (κ1) is 41.8. The predicted octanol–water partition coefficient (Wildman–Crippen LogP) is 15.6. The predicted molar refractivity (Wildman–Crippen MR) is 240 cm³/mol. The summed E-state index contributed by atoms with van der Waals surface area (Å²) in [5.41, 5.74) is 20.5. The van der Waals surface area contributed by atoms with Gasteiger partial charge >= 0.3 is 0 Å². The molecule has 290 valence electrons. The van der Waals surface area contributed by atoms with Crippen LogP contribution in [0.5, 0.6) is 0 Å². The van der Waals surface area contributed by atoms with Crippen molar-refractivity contribution in [2.24, 2.45) is 0 Å². The zero-order valence-electron chi connectivity index (χ0n) is 36.7. The third-order valence-electron chi connectivity index (χ3n) is 13.3. The fourth-order valence-corrected chi connectivity index (χ4v) is 9.34. The summed E-state index contributed by atoms with van der Waals surface area (Å²) in [6, 6.07) is 25.0. The van der Waals surface area contributed by atoms with Crippen LogP contribution in [0.3, 0.4) is 0 Å². The molecule has 4 aromatic rings. The molecule has 1 atom stereocenters. The van der Waals surface area contributed by atoms with Crippen molar-refractivity contribution >= 4 is 0 Å². The van der Waals surface area contributed by atoms with Gasteiger partial charge in [-0.15, -0.1) is 6.58 Å². The molecule has 0 saturated carbocycles. The number of benzene rings is 4. The molecular weight excluding hydrogens is 649 g/mol. The highest BCUT2D eigenvalue weighted by Gasteiger charge is 2.43. The highest BCUT2D eigenvalue weighted by Crippen LogP contribution is 2.56. The number of allylic oxidation sites excluding steroid dienone is 1. The first-order valence-electron chi connectivity index (χ1n) is 20.4. The maximum Gasteiger partial charge on any atom is 0.0159 e. The average Bonchev–Trinajstić information content (AvgIpc) is 3.40. The van der Waals surface area contributed by atoms with Gasteiger partial charge in [0.05, 0.1) is 0 Å². The monoisotopic (exact) mass is 723 g/mol. The second-order valence-corrected chi connectivity index (χ2v) is 22.3. The molecule has 0 fully saturated rings. The maximum atomic E-state index is 4.38. The Kier molecular flexibility index (Phi) is 10.1. The zero-order valence-corrected chi connectivity index (χ0v) is 36.7. The Hall–Kier alpha value is -3.38. The molecule has 0 amide bonds. The van der Waals surface area contributed by atoms with Gasteiger partial charge in [0.1, 0.15) is 0 Å². The second-order valence-electron chi connectivity index (χ2n) is 22.3. The normalized spacial score (nSPS) is 16.8. The first-order chi connectivity index (χ1) is 24.1. The molecule has 0 aromatic heterocycles. The summed E-state index contributed by atoms with van der Waals surface area (Å²) >= 11 is 0. The van der Waals surface area contributed by atoms with Gasteiger partial charge in [-0.1, -0.05) is 192 Å². The average molecular weight is 723 g/mol. The van der Waals surface area contributed by atoms with Crippen LogP contribution in [0.1, 0.15) is 194 Å². The fourth-order valence-electron chi connectivity index (χ4n) is 9.34. The lowest BCUT2D eigenvalue weighted by molar-refractivity contribution is 0.438. The quantitative estimate of drug-likeness (QED) is 0.174. The molecule has 0 heteroatoms. The van der Waals surface area contributed by atoms with Crippen molar-refractivity contribution in [1.82, 2.24) is 0 Å². The third kappa shape index (κ3) is 6.88. The van der Waals surface area contributed by atoms with Crippen molar-refractivity contribution in [1.29, 1.82) is 0 Å². The fraction of sp³-hybridized carbons (Fsp3) is 0.519. The van der Waals surface area contributed by atoms with Gasteiger partial charge in [-0.3, -0.25) is 0 Å².